The molecule has 0 unspecified atom stereocenters. The maximum Gasteiger partial charge on any atom is 0.255 e. The van der Waals surface area contributed by atoms with E-state index in [1.165, 1.54) is 24.3 Å². The molecule has 2 aromatic rings. The Morgan fingerprint density at radius 3 is 2.33 bits per heavy atom. The summed E-state index contributed by atoms with van der Waals surface area (Å²) in [6.45, 7) is 1.64. The molecule has 3 aliphatic carbocycles. The van der Waals surface area contributed by atoms with Gasteiger partial charge in [0.25, 0.3) is 5.91 Å². The number of fused-ring (bicyclic) bond motifs is 3. The van der Waals surface area contributed by atoms with Gasteiger partial charge in [0.1, 0.15) is 28.7 Å². The smallest absolute Gasteiger partial charge is 0.255 e. The van der Waals surface area contributed by atoms with E-state index in [4.69, 9.17) is 5.73 Å². The Balaban J connectivity index is 1.73. The van der Waals surface area contributed by atoms with Gasteiger partial charge in [-0.05, 0) is 29.2 Å². The van der Waals surface area contributed by atoms with E-state index < -0.39 is 87.6 Å². The lowest BCUT2D eigenvalue weighted by Gasteiger charge is -2.50. The lowest BCUT2D eigenvalue weighted by molar-refractivity contribution is -0.154. The molecule has 0 aromatic heterocycles. The topological polar surface area (TPSA) is 178 Å². The van der Waals surface area contributed by atoms with Gasteiger partial charge in [-0.3, -0.25) is 14.4 Å². The van der Waals surface area contributed by atoms with Crippen molar-refractivity contribution < 1.29 is 44.3 Å². The van der Waals surface area contributed by atoms with Crippen LogP contribution in [0.1, 0.15) is 35.2 Å². The summed E-state index contributed by atoms with van der Waals surface area (Å²) in [6.07, 6.45) is -2.13. The number of phenolic OH excluding ortho intramolecular Hbond substituents is 1. The first-order chi connectivity index (χ1) is 16.9. The number of aromatic hydroxyl groups is 1. The van der Waals surface area contributed by atoms with E-state index in [-0.39, 0.29) is 11.1 Å². The Labute approximate surface area is 203 Å². The van der Waals surface area contributed by atoms with Crippen LogP contribution in [0.25, 0.3) is 11.1 Å². The molecule has 7 N–H and O–H groups in total. The van der Waals surface area contributed by atoms with Crippen LogP contribution in [0.15, 0.2) is 59.1 Å². The second kappa shape index (κ2) is 7.74. The van der Waals surface area contributed by atoms with Crippen molar-refractivity contribution in [1.29, 1.82) is 0 Å². The van der Waals surface area contributed by atoms with Crippen LogP contribution < -0.4 is 5.73 Å². The number of primary amides is 1. The minimum absolute atomic E-state index is 0.201. The summed E-state index contributed by atoms with van der Waals surface area (Å²) in [5.41, 5.74) is 1.66. The summed E-state index contributed by atoms with van der Waals surface area (Å²) in [5, 5.41) is 55.0. The number of Topliss-reactive ketones (excluding diaryl/α,β-unsaturated/α-hetero) is 2. The van der Waals surface area contributed by atoms with Gasteiger partial charge in [-0.25, -0.2) is 4.39 Å². The van der Waals surface area contributed by atoms with Crippen LogP contribution in [-0.2, 0) is 9.59 Å². The van der Waals surface area contributed by atoms with Gasteiger partial charge in [-0.1, -0.05) is 31.2 Å². The summed E-state index contributed by atoms with van der Waals surface area (Å²) in [7, 11) is 0. The van der Waals surface area contributed by atoms with Gasteiger partial charge in [0.15, 0.2) is 11.4 Å². The van der Waals surface area contributed by atoms with Crippen molar-refractivity contribution in [3.8, 4) is 16.9 Å². The Morgan fingerprint density at radius 2 is 1.72 bits per heavy atom. The minimum atomic E-state index is -2.89. The zero-order valence-corrected chi connectivity index (χ0v) is 18.9. The average molecular weight is 495 g/mol. The zero-order valence-electron chi connectivity index (χ0n) is 18.9. The predicted octanol–water partition coefficient (Wildman–Crippen LogP) is 1.92. The van der Waals surface area contributed by atoms with Gasteiger partial charge in [0.05, 0.1) is 11.7 Å². The quantitative estimate of drug-likeness (QED) is 0.342. The molecule has 0 spiro atoms. The van der Waals surface area contributed by atoms with Crippen LogP contribution in [0.3, 0.4) is 0 Å². The lowest BCUT2D eigenvalue weighted by Crippen LogP contribution is -2.62. The number of nitrogens with two attached hydrogens (primary N) is 1. The summed E-state index contributed by atoms with van der Waals surface area (Å²) >= 11 is 0. The van der Waals surface area contributed by atoms with Crippen molar-refractivity contribution in [1.82, 2.24) is 0 Å². The SMILES string of the molecule is C[C@H]1c2ccc(-c3ccc(F)cc3)c(O)c2C(=O)C2=C(O)[C@]3(O)C(=O)C(C(N)=O)=C(O)C[C@@H]3[C@@H](O)[C@@H]21. The number of allylic oxidation sites excluding steroid dienone is 1. The number of aliphatic hydroxyl groups is 4. The number of hydrogen-bond donors (Lipinski definition) is 6. The molecule has 0 saturated heterocycles. The van der Waals surface area contributed by atoms with Crippen LogP contribution in [0.4, 0.5) is 4.39 Å². The number of rotatable bonds is 2. The molecular formula is C26H22FNO8. The van der Waals surface area contributed by atoms with Gasteiger partial charge in [0.2, 0.25) is 5.78 Å². The van der Waals surface area contributed by atoms with Crippen LogP contribution in [-0.4, -0.2) is 54.7 Å². The van der Waals surface area contributed by atoms with E-state index in [1.54, 1.807) is 19.1 Å². The first-order valence-electron chi connectivity index (χ1n) is 11.2. The van der Waals surface area contributed by atoms with Crippen molar-refractivity contribution in [2.45, 2.75) is 31.0 Å². The molecular weight excluding hydrogens is 473 g/mol. The highest BCUT2D eigenvalue weighted by Gasteiger charge is 2.64. The van der Waals surface area contributed by atoms with Gasteiger partial charge in [0, 0.05) is 29.4 Å². The van der Waals surface area contributed by atoms with Gasteiger partial charge >= 0.3 is 0 Å². The fourth-order valence-electron chi connectivity index (χ4n) is 5.86. The van der Waals surface area contributed by atoms with Crippen LogP contribution in [0.2, 0.25) is 0 Å². The highest BCUT2D eigenvalue weighted by atomic mass is 19.1. The van der Waals surface area contributed by atoms with Crippen molar-refractivity contribution in [3.63, 3.8) is 0 Å². The van der Waals surface area contributed by atoms with Gasteiger partial charge < -0.3 is 31.3 Å². The van der Waals surface area contributed by atoms with E-state index in [0.717, 1.165) is 0 Å². The van der Waals surface area contributed by atoms with E-state index in [0.29, 0.717) is 11.1 Å². The second-order valence-corrected chi connectivity index (χ2v) is 9.42. The molecule has 2 aromatic carbocycles. The summed E-state index contributed by atoms with van der Waals surface area (Å²) in [4.78, 5) is 38.5. The first-order valence-corrected chi connectivity index (χ1v) is 11.2. The van der Waals surface area contributed by atoms with E-state index in [1.807, 2.05) is 0 Å². The maximum atomic E-state index is 13.7. The number of phenols is 1. The molecule has 0 bridgehead atoms. The number of benzene rings is 2. The van der Waals surface area contributed by atoms with Crippen molar-refractivity contribution in [3.05, 3.63) is 76.0 Å². The number of hydrogen-bond acceptors (Lipinski definition) is 8. The Hall–Kier alpha value is -4.02. The number of ketones is 2. The second-order valence-electron chi connectivity index (χ2n) is 9.42. The highest BCUT2D eigenvalue weighted by Crippen LogP contribution is 2.55. The van der Waals surface area contributed by atoms with Crippen LogP contribution in [0.5, 0.6) is 5.75 Å². The molecule has 1 amide bonds. The predicted molar refractivity (Wildman–Crippen MR) is 122 cm³/mol. The summed E-state index contributed by atoms with van der Waals surface area (Å²) in [6, 6.07) is 8.31. The van der Waals surface area contributed by atoms with Gasteiger partial charge in [-0.15, -0.1) is 0 Å². The van der Waals surface area contributed by atoms with E-state index >= 15 is 0 Å². The molecule has 5 rings (SSSR count). The number of halogens is 1. The highest BCUT2D eigenvalue weighted by molar-refractivity contribution is 6.24. The molecule has 186 valence electrons. The molecule has 0 saturated carbocycles. The zero-order chi connectivity index (χ0) is 26.3. The number of amides is 1. The van der Waals surface area contributed by atoms with Crippen molar-refractivity contribution in [2.24, 2.45) is 17.6 Å². The monoisotopic (exact) mass is 495 g/mol. The summed E-state index contributed by atoms with van der Waals surface area (Å²) < 4.78 is 13.4. The molecule has 10 heteroatoms. The normalized spacial score (nSPS) is 29.6. The van der Waals surface area contributed by atoms with Crippen LogP contribution >= 0.6 is 0 Å². The average Bonchev–Trinajstić information content (AvgIpc) is 2.82. The Bertz CT molecular complexity index is 1430. The molecule has 0 heterocycles. The lowest BCUT2D eigenvalue weighted by atomic mass is 9.56. The number of aliphatic hydroxyl groups excluding tert-OH is 3. The third kappa shape index (κ3) is 2.91. The third-order valence-corrected chi connectivity index (χ3v) is 7.65. The molecule has 0 fully saturated rings. The largest absolute Gasteiger partial charge is 0.511 e. The Kier molecular flexibility index (Phi) is 5.10. The van der Waals surface area contributed by atoms with Crippen LogP contribution in [0, 0.1) is 17.7 Å². The molecule has 0 aliphatic heterocycles. The number of carbonyl (C=O) groups is 3. The molecule has 5 atom stereocenters. The third-order valence-electron chi connectivity index (χ3n) is 7.65. The fourth-order valence-corrected chi connectivity index (χ4v) is 5.86. The Morgan fingerprint density at radius 1 is 1.08 bits per heavy atom. The molecule has 3 aliphatic rings. The fraction of sp³-hybridized carbons (Fsp3) is 0.269. The van der Waals surface area contributed by atoms with Gasteiger partial charge in [-0.2, -0.15) is 0 Å². The molecule has 36 heavy (non-hydrogen) atoms. The standard InChI is InChI=1S/C26H22FNO8/c1-9-12-6-7-13(10-2-4-11(27)5-3-10)20(30)17(12)22(32)19-16(9)21(31)14-8-15(29)18(25(28)35)23(33)26(14,36)24(19)34/h2-7,9,14,16,21,29-31,34,36H,8H2,1H3,(H2,28,35)/t9-,14+,16+,21+,26+/m0/s1. The van der Waals surface area contributed by atoms with Crippen molar-refractivity contribution >= 4 is 17.5 Å². The van der Waals surface area contributed by atoms with E-state index in [9.17, 15) is 44.3 Å². The van der Waals surface area contributed by atoms with Crippen molar-refractivity contribution in [2.75, 3.05) is 0 Å². The summed E-state index contributed by atoms with van der Waals surface area (Å²) in [5.74, 6) is -9.67. The van der Waals surface area contributed by atoms with E-state index in [2.05, 4.69) is 0 Å². The minimum Gasteiger partial charge on any atom is -0.511 e. The molecule has 0 radical (unpaired) electrons. The number of carbonyl (C=O) groups excluding carboxylic acids is 3. The first kappa shape index (κ1) is 23.7. The maximum absolute atomic E-state index is 13.7. The molecule has 9 nitrogen and oxygen atoms in total.